The van der Waals surface area contributed by atoms with E-state index in [1.54, 1.807) is 0 Å². The molecule has 0 bridgehead atoms. The third-order valence-corrected chi connectivity index (χ3v) is 2.86. The van der Waals surface area contributed by atoms with E-state index < -0.39 is 10.1 Å². The monoisotopic (exact) mass is 284 g/mol. The Kier molecular flexibility index (Phi) is 8.92. The first kappa shape index (κ1) is 17.6. The van der Waals surface area contributed by atoms with Crippen molar-refractivity contribution in [2.24, 2.45) is 0 Å². The van der Waals surface area contributed by atoms with Gasteiger partial charge < -0.3 is 4.74 Å². The van der Waals surface area contributed by atoms with E-state index in [0.29, 0.717) is 19.4 Å². The van der Waals surface area contributed by atoms with Crippen LogP contribution >= 0.6 is 0 Å². The van der Waals surface area contributed by atoms with Crippen LogP contribution in [0.15, 0.2) is 24.3 Å². The van der Waals surface area contributed by atoms with Crippen LogP contribution in [0, 0.1) is 6.92 Å². The van der Waals surface area contributed by atoms with Gasteiger partial charge in [-0.2, -0.15) is 8.42 Å². The molecule has 1 aromatic rings. The summed E-state index contributed by atoms with van der Waals surface area (Å²) in [5.74, 6) is 0.580. The van der Waals surface area contributed by atoms with Gasteiger partial charge in [0.1, 0.15) is 5.75 Å². The van der Waals surface area contributed by atoms with E-state index in [4.69, 9.17) is 9.29 Å². The summed E-state index contributed by atoms with van der Waals surface area (Å²) < 4.78 is 34.8. The number of hydrogen-bond donors (Lipinski definition) is 1. The zero-order valence-corrected chi connectivity index (χ0v) is 10.0. The molecule has 0 aromatic heterocycles. The second kappa shape index (κ2) is 8.63. The maximum atomic E-state index is 10.4. The van der Waals surface area contributed by atoms with Gasteiger partial charge in [-0.15, -0.1) is 0 Å². The summed E-state index contributed by atoms with van der Waals surface area (Å²) in [7, 11) is -3.83. The van der Waals surface area contributed by atoms with Gasteiger partial charge >= 0.3 is 51.4 Å². The van der Waals surface area contributed by atoms with Crippen molar-refractivity contribution < 1.29 is 17.7 Å². The molecular formula is C11H17KO4S. The van der Waals surface area contributed by atoms with Crippen LogP contribution in [-0.2, 0) is 10.1 Å². The van der Waals surface area contributed by atoms with Crippen molar-refractivity contribution in [2.75, 3.05) is 12.4 Å². The summed E-state index contributed by atoms with van der Waals surface area (Å²) in [5, 5.41) is 0. The molecule has 0 radical (unpaired) electrons. The Balaban J connectivity index is 0.00000256. The third-order valence-electron chi connectivity index (χ3n) is 2.05. The normalized spacial score (nSPS) is 10.7. The van der Waals surface area contributed by atoms with Gasteiger partial charge in [0.05, 0.1) is 12.4 Å². The maximum absolute atomic E-state index is 10.4. The van der Waals surface area contributed by atoms with Crippen molar-refractivity contribution in [2.45, 2.75) is 19.8 Å². The van der Waals surface area contributed by atoms with Crippen molar-refractivity contribution in [1.29, 1.82) is 0 Å². The molecule has 17 heavy (non-hydrogen) atoms. The molecule has 0 saturated heterocycles. The molecule has 0 heterocycles. The third kappa shape index (κ3) is 9.18. The Labute approximate surface area is 145 Å². The Hall–Kier alpha value is 0.566. The fourth-order valence-electron chi connectivity index (χ4n) is 1.28. The van der Waals surface area contributed by atoms with E-state index >= 15 is 0 Å². The summed E-state index contributed by atoms with van der Waals surface area (Å²) in [6.07, 6.45) is 1.01. The molecule has 1 aromatic carbocycles. The summed E-state index contributed by atoms with van der Waals surface area (Å²) in [6, 6.07) is 7.66. The van der Waals surface area contributed by atoms with Crippen molar-refractivity contribution in [3.05, 3.63) is 29.8 Å². The molecular weight excluding hydrogens is 267 g/mol. The predicted octanol–water partition coefficient (Wildman–Crippen LogP) is 1.39. The Morgan fingerprint density at radius 1 is 1.29 bits per heavy atom. The number of benzene rings is 1. The number of aryl methyl sites for hydroxylation is 1. The quantitative estimate of drug-likeness (QED) is 0.487. The van der Waals surface area contributed by atoms with Crippen molar-refractivity contribution in [1.82, 2.24) is 0 Å². The van der Waals surface area contributed by atoms with Crippen LogP contribution in [0.3, 0.4) is 0 Å². The molecule has 6 heteroatoms. The number of hydrogen-bond acceptors (Lipinski definition) is 3. The number of rotatable bonds is 6. The van der Waals surface area contributed by atoms with Crippen LogP contribution in [-0.4, -0.2) is 76.7 Å². The standard InChI is InChI=1S/C11H16O4S.K.H/c1-10-5-4-6-11(9-10)15-7-2-3-8-16(12,13)14;;/h4-6,9H,2-3,7-8H2,1H3,(H,12,13,14);;. The Bertz CT molecular complexity index is 431. The first-order chi connectivity index (χ1) is 7.47. The van der Waals surface area contributed by atoms with E-state index in [1.807, 2.05) is 31.2 Å². The van der Waals surface area contributed by atoms with Crippen LogP contribution in [0.4, 0.5) is 0 Å². The summed E-state index contributed by atoms with van der Waals surface area (Å²) in [4.78, 5) is 0. The molecule has 0 fully saturated rings. The SMILES string of the molecule is Cc1cccc(OCCCCS(=O)(=O)O)c1.[KH]. The zero-order valence-electron chi connectivity index (χ0n) is 9.22. The molecule has 0 aliphatic carbocycles. The molecule has 0 atom stereocenters. The van der Waals surface area contributed by atoms with Gasteiger partial charge in [0.2, 0.25) is 0 Å². The number of unbranched alkanes of at least 4 members (excludes halogenated alkanes) is 1. The van der Waals surface area contributed by atoms with Gasteiger partial charge in [-0.25, -0.2) is 0 Å². The minimum atomic E-state index is -3.83. The molecule has 92 valence electrons. The molecule has 0 aliphatic heterocycles. The van der Waals surface area contributed by atoms with E-state index in [2.05, 4.69) is 0 Å². The van der Waals surface area contributed by atoms with Gasteiger partial charge in [0.15, 0.2) is 0 Å². The van der Waals surface area contributed by atoms with Crippen LogP contribution < -0.4 is 4.74 Å². The molecule has 0 unspecified atom stereocenters. The van der Waals surface area contributed by atoms with Gasteiger partial charge in [-0.1, -0.05) is 12.1 Å². The van der Waals surface area contributed by atoms with Crippen LogP contribution in [0.1, 0.15) is 18.4 Å². The molecule has 0 amide bonds. The predicted molar refractivity (Wildman–Crippen MR) is 69.5 cm³/mol. The van der Waals surface area contributed by atoms with Crippen LogP contribution in [0.25, 0.3) is 0 Å². The fraction of sp³-hybridized carbons (Fsp3) is 0.455. The Morgan fingerprint density at radius 2 is 2.00 bits per heavy atom. The van der Waals surface area contributed by atoms with Gasteiger partial charge in [-0.05, 0) is 37.5 Å². The Morgan fingerprint density at radius 3 is 2.59 bits per heavy atom. The summed E-state index contributed by atoms with van der Waals surface area (Å²) >= 11 is 0. The second-order valence-corrected chi connectivity index (χ2v) is 5.23. The van der Waals surface area contributed by atoms with Crippen molar-refractivity contribution >= 4 is 61.5 Å². The van der Waals surface area contributed by atoms with Crippen LogP contribution in [0.2, 0.25) is 0 Å². The van der Waals surface area contributed by atoms with Crippen molar-refractivity contribution in [3.63, 3.8) is 0 Å². The van der Waals surface area contributed by atoms with Crippen LogP contribution in [0.5, 0.6) is 5.75 Å². The minimum absolute atomic E-state index is 0. The number of ether oxygens (including phenoxy) is 1. The van der Waals surface area contributed by atoms with Gasteiger partial charge in [-0.3, -0.25) is 4.55 Å². The average molecular weight is 284 g/mol. The summed E-state index contributed by atoms with van der Waals surface area (Å²) in [5.41, 5.74) is 1.12. The fourth-order valence-corrected chi connectivity index (χ4v) is 1.85. The second-order valence-electron chi connectivity index (χ2n) is 3.66. The first-order valence-corrected chi connectivity index (χ1v) is 6.73. The van der Waals surface area contributed by atoms with E-state index in [-0.39, 0.29) is 57.1 Å². The molecule has 1 rings (SSSR count). The topological polar surface area (TPSA) is 63.6 Å². The van der Waals surface area contributed by atoms with Gasteiger partial charge in [0, 0.05) is 0 Å². The van der Waals surface area contributed by atoms with E-state index in [9.17, 15) is 8.42 Å². The van der Waals surface area contributed by atoms with E-state index in [1.165, 1.54) is 0 Å². The molecule has 0 spiro atoms. The van der Waals surface area contributed by atoms with E-state index in [0.717, 1.165) is 11.3 Å². The first-order valence-electron chi connectivity index (χ1n) is 5.12. The zero-order chi connectivity index (χ0) is 12.0. The van der Waals surface area contributed by atoms with Crippen molar-refractivity contribution in [3.8, 4) is 5.75 Å². The average Bonchev–Trinajstić information content (AvgIpc) is 2.15. The summed E-state index contributed by atoms with van der Waals surface area (Å²) in [6.45, 7) is 2.43. The molecule has 1 N–H and O–H groups in total. The van der Waals surface area contributed by atoms with Gasteiger partial charge in [0.25, 0.3) is 10.1 Å². The molecule has 4 nitrogen and oxygen atoms in total. The molecule has 0 saturated carbocycles. The molecule has 0 aliphatic rings.